The number of likely N-dealkylation sites (N-methyl/N-ethyl adjacent to an activating group) is 1. The minimum Gasteiger partial charge on any atom is -0.481 e. The lowest BCUT2D eigenvalue weighted by Gasteiger charge is -2.10. The Hall–Kier alpha value is -0.730. The third kappa shape index (κ3) is 24.3. The largest absolute Gasteiger partial charge is 0.481 e. The van der Waals surface area contributed by atoms with Crippen LogP contribution in [0.1, 0.15) is 20.3 Å². The van der Waals surface area contributed by atoms with Crippen molar-refractivity contribution in [3.8, 4) is 0 Å². The summed E-state index contributed by atoms with van der Waals surface area (Å²) < 4.78 is 21.0. The fourth-order valence-electron chi connectivity index (χ4n) is 1.17. The van der Waals surface area contributed by atoms with Crippen LogP contribution in [0, 0.1) is 0 Å². The number of ether oxygens (including phenoxy) is 4. The fourth-order valence-corrected chi connectivity index (χ4v) is 1.17. The average molecular weight is 323 g/mol. The summed E-state index contributed by atoms with van der Waals surface area (Å²) in [6.45, 7) is 8.86. The number of carboxylic acids is 1. The van der Waals surface area contributed by atoms with E-state index >= 15 is 0 Å². The Morgan fingerprint density at radius 3 is 1.50 bits per heavy atom. The standard InChI is InChI=1S/C13H27NO6.C2H6/c1-14(2)4-6-18-8-10-20-12-11-19-9-7-17-5-3-13(15)16;1-2/h3-12H2,1-2H3,(H,15,16);1-2H3. The first kappa shape index (κ1) is 23.5. The highest BCUT2D eigenvalue weighted by atomic mass is 16.6. The lowest BCUT2D eigenvalue weighted by atomic mass is 10.5. The molecule has 0 spiro atoms. The van der Waals surface area contributed by atoms with Gasteiger partial charge >= 0.3 is 5.97 Å². The minimum atomic E-state index is -0.855. The normalized spacial score (nSPS) is 10.4. The van der Waals surface area contributed by atoms with Crippen molar-refractivity contribution >= 4 is 5.97 Å². The zero-order valence-electron chi connectivity index (χ0n) is 14.5. The predicted octanol–water partition coefficient (Wildman–Crippen LogP) is 1.12. The zero-order chi connectivity index (χ0) is 17.1. The fraction of sp³-hybridized carbons (Fsp3) is 0.933. The van der Waals surface area contributed by atoms with Gasteiger partial charge in [-0.25, -0.2) is 0 Å². The molecule has 0 aliphatic heterocycles. The highest BCUT2D eigenvalue weighted by Crippen LogP contribution is 1.85. The van der Waals surface area contributed by atoms with E-state index in [4.69, 9.17) is 24.1 Å². The first-order valence-corrected chi connectivity index (χ1v) is 7.80. The van der Waals surface area contributed by atoms with Gasteiger partial charge in [-0.2, -0.15) is 0 Å². The van der Waals surface area contributed by atoms with Gasteiger partial charge in [0.05, 0.1) is 59.3 Å². The number of hydrogen-bond acceptors (Lipinski definition) is 6. The van der Waals surface area contributed by atoms with E-state index in [1.54, 1.807) is 0 Å². The molecule has 1 N–H and O–H groups in total. The van der Waals surface area contributed by atoms with Gasteiger partial charge in [0.25, 0.3) is 0 Å². The molecule has 0 saturated carbocycles. The predicted molar refractivity (Wildman–Crippen MR) is 85.4 cm³/mol. The molecule has 0 aromatic rings. The summed E-state index contributed by atoms with van der Waals surface area (Å²) in [5, 5.41) is 8.38. The van der Waals surface area contributed by atoms with Gasteiger partial charge in [0.1, 0.15) is 0 Å². The Balaban J connectivity index is 0. The molecule has 0 aromatic heterocycles. The van der Waals surface area contributed by atoms with E-state index < -0.39 is 5.97 Å². The molecule has 7 nitrogen and oxygen atoms in total. The number of carbonyl (C=O) groups is 1. The maximum absolute atomic E-state index is 10.2. The van der Waals surface area contributed by atoms with Crippen LogP contribution in [-0.2, 0) is 23.7 Å². The van der Waals surface area contributed by atoms with Crippen LogP contribution >= 0.6 is 0 Å². The molecule has 0 aliphatic carbocycles. The Labute approximate surface area is 134 Å². The average Bonchev–Trinajstić information content (AvgIpc) is 2.49. The first-order valence-electron chi connectivity index (χ1n) is 7.80. The van der Waals surface area contributed by atoms with Crippen LogP contribution in [0.15, 0.2) is 0 Å². The molecule has 0 heterocycles. The molecule has 134 valence electrons. The molecule has 0 atom stereocenters. The molecule has 0 aliphatic rings. The van der Waals surface area contributed by atoms with Crippen molar-refractivity contribution in [2.75, 3.05) is 73.5 Å². The summed E-state index contributed by atoms with van der Waals surface area (Å²) in [6, 6.07) is 0. The van der Waals surface area contributed by atoms with Crippen LogP contribution in [0.5, 0.6) is 0 Å². The van der Waals surface area contributed by atoms with E-state index in [1.165, 1.54) is 0 Å². The molecular formula is C15H33NO6. The summed E-state index contributed by atoms with van der Waals surface area (Å²) >= 11 is 0. The van der Waals surface area contributed by atoms with Gasteiger partial charge in [-0.1, -0.05) is 13.8 Å². The molecule has 0 bridgehead atoms. The van der Waals surface area contributed by atoms with Crippen LogP contribution in [0.4, 0.5) is 0 Å². The van der Waals surface area contributed by atoms with Crippen molar-refractivity contribution in [1.29, 1.82) is 0 Å². The van der Waals surface area contributed by atoms with Crippen molar-refractivity contribution < 1.29 is 28.8 Å². The second kappa shape index (κ2) is 20.3. The first-order chi connectivity index (χ1) is 10.6. The number of carboxylic acid groups (broad SMARTS) is 1. The monoisotopic (exact) mass is 323 g/mol. The van der Waals surface area contributed by atoms with Crippen LogP contribution in [0.25, 0.3) is 0 Å². The number of aliphatic carboxylic acids is 1. The third-order valence-electron chi connectivity index (χ3n) is 2.26. The highest BCUT2D eigenvalue weighted by Gasteiger charge is 1.96. The molecular weight excluding hydrogens is 290 g/mol. The van der Waals surface area contributed by atoms with E-state index in [0.29, 0.717) is 46.2 Å². The van der Waals surface area contributed by atoms with Crippen molar-refractivity contribution in [2.45, 2.75) is 20.3 Å². The summed E-state index contributed by atoms with van der Waals surface area (Å²) in [5.74, 6) is -0.855. The Kier molecular flexibility index (Phi) is 21.7. The smallest absolute Gasteiger partial charge is 0.305 e. The van der Waals surface area contributed by atoms with Gasteiger partial charge < -0.3 is 29.0 Å². The Bertz CT molecular complexity index is 226. The molecule has 0 aromatic carbocycles. The highest BCUT2D eigenvalue weighted by molar-refractivity contribution is 5.66. The Morgan fingerprint density at radius 2 is 1.14 bits per heavy atom. The van der Waals surface area contributed by atoms with E-state index in [1.807, 2.05) is 27.9 Å². The second-order valence-corrected chi connectivity index (χ2v) is 4.40. The van der Waals surface area contributed by atoms with Gasteiger partial charge in [-0.3, -0.25) is 4.79 Å². The molecule has 0 amide bonds. The molecule has 0 radical (unpaired) electrons. The van der Waals surface area contributed by atoms with Crippen LogP contribution in [0.2, 0.25) is 0 Å². The topological polar surface area (TPSA) is 77.5 Å². The van der Waals surface area contributed by atoms with Crippen molar-refractivity contribution in [1.82, 2.24) is 4.90 Å². The lowest BCUT2D eigenvalue weighted by Crippen LogP contribution is -2.19. The maximum atomic E-state index is 10.2. The maximum Gasteiger partial charge on any atom is 0.305 e. The quantitative estimate of drug-likeness (QED) is 0.452. The van der Waals surface area contributed by atoms with Gasteiger partial charge in [-0.05, 0) is 14.1 Å². The van der Waals surface area contributed by atoms with Crippen LogP contribution < -0.4 is 0 Å². The molecule has 0 unspecified atom stereocenters. The summed E-state index contributed by atoms with van der Waals surface area (Å²) in [7, 11) is 4.01. The van der Waals surface area contributed by atoms with Gasteiger partial charge in [0.2, 0.25) is 0 Å². The van der Waals surface area contributed by atoms with Crippen LogP contribution in [-0.4, -0.2) is 89.5 Å². The molecule has 0 saturated heterocycles. The van der Waals surface area contributed by atoms with Crippen LogP contribution in [0.3, 0.4) is 0 Å². The van der Waals surface area contributed by atoms with Gasteiger partial charge in [0, 0.05) is 6.54 Å². The second-order valence-electron chi connectivity index (χ2n) is 4.40. The van der Waals surface area contributed by atoms with E-state index in [0.717, 1.165) is 6.54 Å². The van der Waals surface area contributed by atoms with E-state index in [9.17, 15) is 4.79 Å². The summed E-state index contributed by atoms with van der Waals surface area (Å²) in [5.41, 5.74) is 0. The summed E-state index contributed by atoms with van der Waals surface area (Å²) in [4.78, 5) is 12.3. The Morgan fingerprint density at radius 1 is 0.773 bits per heavy atom. The lowest BCUT2D eigenvalue weighted by molar-refractivity contribution is -0.138. The SMILES string of the molecule is CC.CN(C)CCOCCOCCOCCOCCC(=O)O. The number of hydrogen-bond donors (Lipinski definition) is 1. The van der Waals surface area contributed by atoms with Gasteiger partial charge in [0.15, 0.2) is 0 Å². The van der Waals surface area contributed by atoms with Crippen molar-refractivity contribution in [2.24, 2.45) is 0 Å². The van der Waals surface area contributed by atoms with Crippen molar-refractivity contribution in [3.63, 3.8) is 0 Å². The summed E-state index contributed by atoms with van der Waals surface area (Å²) in [6.07, 6.45) is 0.0247. The van der Waals surface area contributed by atoms with E-state index in [2.05, 4.69) is 4.90 Å². The third-order valence-corrected chi connectivity index (χ3v) is 2.26. The molecule has 22 heavy (non-hydrogen) atoms. The van der Waals surface area contributed by atoms with E-state index in [-0.39, 0.29) is 13.0 Å². The van der Waals surface area contributed by atoms with Gasteiger partial charge in [-0.15, -0.1) is 0 Å². The number of nitrogens with zero attached hydrogens (tertiary/aromatic N) is 1. The molecule has 0 rings (SSSR count). The molecule has 0 fully saturated rings. The zero-order valence-corrected chi connectivity index (χ0v) is 14.5. The molecule has 7 heteroatoms. The van der Waals surface area contributed by atoms with Crippen molar-refractivity contribution in [3.05, 3.63) is 0 Å². The minimum absolute atomic E-state index is 0.0247. The number of rotatable bonds is 15.